The summed E-state index contributed by atoms with van der Waals surface area (Å²) in [5.41, 5.74) is 1.07. The number of aromatic nitrogens is 2. The second kappa shape index (κ2) is 8.93. The smallest absolute Gasteiger partial charge is 0.317 e. The third-order valence-corrected chi connectivity index (χ3v) is 5.22. The van der Waals surface area contributed by atoms with E-state index >= 15 is 0 Å². The number of hydrogen-bond acceptors (Lipinski definition) is 3. The molecule has 27 heavy (non-hydrogen) atoms. The quantitative estimate of drug-likeness (QED) is 0.845. The van der Waals surface area contributed by atoms with Crippen molar-refractivity contribution in [3.05, 3.63) is 48.0 Å². The van der Waals surface area contributed by atoms with E-state index in [1.54, 1.807) is 7.11 Å². The number of carbonyl (C=O) groups is 1. The maximum Gasteiger partial charge on any atom is 0.317 e. The lowest BCUT2D eigenvalue weighted by Gasteiger charge is -2.32. The number of imidazole rings is 1. The molecule has 3 rings (SSSR count). The van der Waals surface area contributed by atoms with Crippen molar-refractivity contribution in [1.82, 2.24) is 19.8 Å². The van der Waals surface area contributed by atoms with Crippen molar-refractivity contribution in [3.63, 3.8) is 0 Å². The molecule has 1 saturated heterocycles. The second-order valence-electron chi connectivity index (χ2n) is 7.53. The highest BCUT2D eigenvalue weighted by molar-refractivity contribution is 5.74. The highest BCUT2D eigenvalue weighted by Crippen LogP contribution is 2.22. The fourth-order valence-electron chi connectivity index (χ4n) is 3.61. The summed E-state index contributed by atoms with van der Waals surface area (Å²) < 4.78 is 7.43. The van der Waals surface area contributed by atoms with E-state index in [0.717, 1.165) is 49.6 Å². The standard InChI is InChI=1S/C21H30N4O2/c1-16(2)20-22-10-13-25(20)15-18-8-11-24(12-9-18)21(26)23-14-17-4-6-19(27-3)7-5-17/h4-7,10,13,16,18H,8-9,11-12,14-15H2,1-3H3,(H,23,26). The molecule has 2 heterocycles. The molecule has 146 valence electrons. The van der Waals surface area contributed by atoms with Crippen molar-refractivity contribution in [2.75, 3.05) is 20.2 Å². The Bertz CT molecular complexity index is 731. The van der Waals surface area contributed by atoms with E-state index in [0.29, 0.717) is 18.4 Å². The molecule has 6 nitrogen and oxygen atoms in total. The third-order valence-electron chi connectivity index (χ3n) is 5.22. The lowest BCUT2D eigenvalue weighted by molar-refractivity contribution is 0.165. The van der Waals surface area contributed by atoms with Gasteiger partial charge in [-0.3, -0.25) is 0 Å². The summed E-state index contributed by atoms with van der Waals surface area (Å²) in [6.07, 6.45) is 6.03. The fourth-order valence-corrected chi connectivity index (χ4v) is 3.61. The van der Waals surface area contributed by atoms with Crippen LogP contribution in [0.4, 0.5) is 4.79 Å². The number of likely N-dealkylation sites (tertiary alicyclic amines) is 1. The normalized spacial score (nSPS) is 15.2. The zero-order valence-corrected chi connectivity index (χ0v) is 16.5. The van der Waals surface area contributed by atoms with Gasteiger partial charge in [0, 0.05) is 44.5 Å². The van der Waals surface area contributed by atoms with E-state index in [9.17, 15) is 4.79 Å². The number of methoxy groups -OCH3 is 1. The first kappa shape index (κ1) is 19.3. The summed E-state index contributed by atoms with van der Waals surface area (Å²) in [7, 11) is 1.65. The van der Waals surface area contributed by atoms with Gasteiger partial charge in [0.25, 0.3) is 0 Å². The van der Waals surface area contributed by atoms with Gasteiger partial charge < -0.3 is 19.5 Å². The molecule has 1 aliphatic rings. The minimum absolute atomic E-state index is 0.0229. The predicted octanol–water partition coefficient (Wildman–Crippen LogP) is 3.64. The molecular formula is C21H30N4O2. The molecule has 0 bridgehead atoms. The summed E-state index contributed by atoms with van der Waals surface area (Å²) in [6.45, 7) is 7.50. The van der Waals surface area contributed by atoms with Gasteiger partial charge in [0.05, 0.1) is 7.11 Å². The third kappa shape index (κ3) is 5.02. The molecule has 0 saturated carbocycles. The molecule has 2 aromatic rings. The van der Waals surface area contributed by atoms with Crippen LogP contribution < -0.4 is 10.1 Å². The molecule has 6 heteroatoms. The van der Waals surface area contributed by atoms with Crippen molar-refractivity contribution >= 4 is 6.03 Å². The molecular weight excluding hydrogens is 340 g/mol. The Hall–Kier alpha value is -2.50. The summed E-state index contributed by atoms with van der Waals surface area (Å²) in [6, 6.07) is 7.80. The van der Waals surface area contributed by atoms with E-state index in [-0.39, 0.29) is 6.03 Å². The van der Waals surface area contributed by atoms with Crippen LogP contribution in [0.5, 0.6) is 5.75 Å². The van der Waals surface area contributed by atoms with Crippen molar-refractivity contribution in [2.24, 2.45) is 5.92 Å². The van der Waals surface area contributed by atoms with Gasteiger partial charge in [-0.1, -0.05) is 26.0 Å². The Labute approximate surface area is 161 Å². The van der Waals surface area contributed by atoms with E-state index < -0.39 is 0 Å². The SMILES string of the molecule is COc1ccc(CNC(=O)N2CCC(Cn3ccnc3C(C)C)CC2)cc1. The van der Waals surface area contributed by atoms with Crippen molar-refractivity contribution in [2.45, 2.75) is 45.7 Å². The average molecular weight is 370 g/mol. The van der Waals surface area contributed by atoms with E-state index in [1.807, 2.05) is 35.4 Å². The molecule has 2 amide bonds. The number of rotatable bonds is 6. The van der Waals surface area contributed by atoms with Gasteiger partial charge in [-0.05, 0) is 36.5 Å². The number of hydrogen-bond donors (Lipinski definition) is 1. The second-order valence-corrected chi connectivity index (χ2v) is 7.53. The van der Waals surface area contributed by atoms with Gasteiger partial charge in [-0.2, -0.15) is 0 Å². The summed E-state index contributed by atoms with van der Waals surface area (Å²) in [5, 5.41) is 3.02. The van der Waals surface area contributed by atoms with Gasteiger partial charge in [0.1, 0.15) is 11.6 Å². The Kier molecular flexibility index (Phi) is 6.37. The van der Waals surface area contributed by atoms with Crippen LogP contribution in [-0.4, -0.2) is 40.7 Å². The predicted molar refractivity (Wildman–Crippen MR) is 106 cm³/mol. The van der Waals surface area contributed by atoms with Crippen LogP contribution >= 0.6 is 0 Å². The molecule has 0 atom stereocenters. The van der Waals surface area contributed by atoms with Gasteiger partial charge >= 0.3 is 6.03 Å². The first-order valence-electron chi connectivity index (χ1n) is 9.73. The largest absolute Gasteiger partial charge is 0.497 e. The van der Waals surface area contributed by atoms with Gasteiger partial charge in [0.15, 0.2) is 0 Å². The molecule has 1 aromatic carbocycles. The Morgan fingerprint density at radius 1 is 1.26 bits per heavy atom. The van der Waals surface area contributed by atoms with Crippen LogP contribution in [0.2, 0.25) is 0 Å². The number of amides is 2. The summed E-state index contributed by atoms with van der Waals surface area (Å²) >= 11 is 0. The number of nitrogens with one attached hydrogen (secondary N) is 1. The first-order chi connectivity index (χ1) is 13.1. The summed E-state index contributed by atoms with van der Waals surface area (Å²) in [4.78, 5) is 18.8. The van der Waals surface area contributed by atoms with E-state index in [1.165, 1.54) is 0 Å². The summed E-state index contributed by atoms with van der Waals surface area (Å²) in [5.74, 6) is 3.01. The molecule has 0 aliphatic carbocycles. The number of urea groups is 1. The van der Waals surface area contributed by atoms with Crippen LogP contribution in [0.1, 0.15) is 44.0 Å². The maximum absolute atomic E-state index is 12.4. The van der Waals surface area contributed by atoms with Gasteiger partial charge in [-0.25, -0.2) is 9.78 Å². The number of carbonyl (C=O) groups excluding carboxylic acids is 1. The van der Waals surface area contributed by atoms with Crippen molar-refractivity contribution in [3.8, 4) is 5.75 Å². The van der Waals surface area contributed by atoms with Crippen LogP contribution in [0, 0.1) is 5.92 Å². The molecule has 0 spiro atoms. The molecule has 0 radical (unpaired) electrons. The Balaban J connectivity index is 1.44. The topological polar surface area (TPSA) is 59.4 Å². The zero-order valence-electron chi connectivity index (χ0n) is 16.5. The van der Waals surface area contributed by atoms with Gasteiger partial charge in [0.2, 0.25) is 0 Å². The average Bonchev–Trinajstić information content (AvgIpc) is 3.15. The highest BCUT2D eigenvalue weighted by Gasteiger charge is 2.23. The Morgan fingerprint density at radius 3 is 2.59 bits per heavy atom. The van der Waals surface area contributed by atoms with Crippen LogP contribution in [-0.2, 0) is 13.1 Å². The first-order valence-corrected chi connectivity index (χ1v) is 9.73. The number of piperidine rings is 1. The fraction of sp³-hybridized carbons (Fsp3) is 0.524. The van der Waals surface area contributed by atoms with Crippen LogP contribution in [0.3, 0.4) is 0 Å². The zero-order chi connectivity index (χ0) is 19.2. The maximum atomic E-state index is 12.4. The monoisotopic (exact) mass is 370 g/mol. The van der Waals surface area contributed by atoms with Crippen LogP contribution in [0.15, 0.2) is 36.7 Å². The molecule has 1 fully saturated rings. The lowest BCUT2D eigenvalue weighted by Crippen LogP contribution is -2.44. The van der Waals surface area contributed by atoms with Crippen molar-refractivity contribution < 1.29 is 9.53 Å². The minimum atomic E-state index is 0.0229. The number of ether oxygens (including phenoxy) is 1. The number of nitrogens with zero attached hydrogens (tertiary/aromatic N) is 3. The number of benzene rings is 1. The van der Waals surface area contributed by atoms with E-state index in [4.69, 9.17) is 4.74 Å². The Morgan fingerprint density at radius 2 is 1.96 bits per heavy atom. The molecule has 1 aromatic heterocycles. The van der Waals surface area contributed by atoms with E-state index in [2.05, 4.69) is 34.9 Å². The lowest BCUT2D eigenvalue weighted by atomic mass is 9.96. The minimum Gasteiger partial charge on any atom is -0.497 e. The van der Waals surface area contributed by atoms with Crippen molar-refractivity contribution in [1.29, 1.82) is 0 Å². The highest BCUT2D eigenvalue weighted by atomic mass is 16.5. The molecule has 0 unspecified atom stereocenters. The van der Waals surface area contributed by atoms with Gasteiger partial charge in [-0.15, -0.1) is 0 Å². The molecule has 1 N–H and O–H groups in total. The molecule has 1 aliphatic heterocycles. The van der Waals surface area contributed by atoms with Crippen LogP contribution in [0.25, 0.3) is 0 Å².